The summed E-state index contributed by atoms with van der Waals surface area (Å²) in [5.74, 6) is 1.53. The van der Waals surface area contributed by atoms with Gasteiger partial charge in [0.2, 0.25) is 5.91 Å². The standard InChI is InChI=1S/C14H13BrN2O2S/c1-10-13(15)7-11(19-10)8-16-17-14(18)9-20-12-5-3-2-4-6-12/h2-8H,9H2,1H3,(H,17,18)/b16-8-. The maximum absolute atomic E-state index is 11.6. The highest BCUT2D eigenvalue weighted by Gasteiger charge is 2.03. The van der Waals surface area contributed by atoms with Gasteiger partial charge in [0.1, 0.15) is 11.5 Å². The number of carbonyl (C=O) groups is 1. The number of aryl methyl sites for hydroxylation is 1. The maximum Gasteiger partial charge on any atom is 0.250 e. The smallest absolute Gasteiger partial charge is 0.250 e. The van der Waals surface area contributed by atoms with E-state index in [1.807, 2.05) is 37.3 Å². The second kappa shape index (κ2) is 7.31. The number of thioether (sulfide) groups is 1. The van der Waals surface area contributed by atoms with Crippen LogP contribution >= 0.6 is 27.7 Å². The lowest BCUT2D eigenvalue weighted by atomic mass is 10.4. The van der Waals surface area contributed by atoms with Gasteiger partial charge in [-0.15, -0.1) is 11.8 Å². The molecule has 1 aromatic heterocycles. The first-order valence-corrected chi connectivity index (χ1v) is 7.68. The summed E-state index contributed by atoms with van der Waals surface area (Å²) in [6.45, 7) is 1.84. The fourth-order valence-corrected chi connectivity index (χ4v) is 2.43. The van der Waals surface area contributed by atoms with Gasteiger partial charge in [0.05, 0.1) is 16.4 Å². The molecule has 1 heterocycles. The van der Waals surface area contributed by atoms with Crippen molar-refractivity contribution in [2.24, 2.45) is 5.10 Å². The van der Waals surface area contributed by atoms with E-state index in [0.717, 1.165) is 15.1 Å². The minimum absolute atomic E-state index is 0.155. The van der Waals surface area contributed by atoms with E-state index in [0.29, 0.717) is 11.5 Å². The van der Waals surface area contributed by atoms with Gasteiger partial charge in [-0.05, 0) is 35.0 Å². The van der Waals surface area contributed by atoms with E-state index in [1.165, 1.54) is 18.0 Å². The van der Waals surface area contributed by atoms with Crippen LogP contribution in [0.15, 0.2) is 55.3 Å². The zero-order chi connectivity index (χ0) is 14.4. The normalized spacial score (nSPS) is 10.9. The van der Waals surface area contributed by atoms with Crippen molar-refractivity contribution in [1.82, 2.24) is 5.43 Å². The number of rotatable bonds is 5. The van der Waals surface area contributed by atoms with Crippen molar-refractivity contribution in [3.05, 3.63) is 52.4 Å². The van der Waals surface area contributed by atoms with Crippen molar-refractivity contribution in [2.45, 2.75) is 11.8 Å². The predicted octanol–water partition coefficient (Wildman–Crippen LogP) is 3.59. The molecule has 0 radical (unpaired) electrons. The highest BCUT2D eigenvalue weighted by atomic mass is 79.9. The highest BCUT2D eigenvalue weighted by Crippen LogP contribution is 2.19. The van der Waals surface area contributed by atoms with Gasteiger partial charge >= 0.3 is 0 Å². The van der Waals surface area contributed by atoms with Crippen LogP contribution in [0, 0.1) is 6.92 Å². The third-order valence-corrected chi connectivity index (χ3v) is 4.17. The fraction of sp³-hybridized carbons (Fsp3) is 0.143. The Kier molecular flexibility index (Phi) is 5.43. The van der Waals surface area contributed by atoms with Gasteiger partial charge in [0, 0.05) is 11.0 Å². The van der Waals surface area contributed by atoms with Crippen molar-refractivity contribution in [3.8, 4) is 0 Å². The Morgan fingerprint density at radius 3 is 2.85 bits per heavy atom. The van der Waals surface area contributed by atoms with Gasteiger partial charge in [0.25, 0.3) is 0 Å². The molecule has 0 saturated carbocycles. The van der Waals surface area contributed by atoms with Gasteiger partial charge in [-0.2, -0.15) is 5.10 Å². The quantitative estimate of drug-likeness (QED) is 0.508. The molecule has 20 heavy (non-hydrogen) atoms. The van der Waals surface area contributed by atoms with Crippen LogP contribution < -0.4 is 5.43 Å². The van der Waals surface area contributed by atoms with Gasteiger partial charge in [0.15, 0.2) is 0 Å². The number of hydrazone groups is 1. The monoisotopic (exact) mass is 352 g/mol. The van der Waals surface area contributed by atoms with Crippen LogP contribution in [-0.4, -0.2) is 17.9 Å². The zero-order valence-electron chi connectivity index (χ0n) is 10.8. The molecule has 0 saturated heterocycles. The van der Waals surface area contributed by atoms with Crippen molar-refractivity contribution < 1.29 is 9.21 Å². The van der Waals surface area contributed by atoms with Crippen LogP contribution in [0.4, 0.5) is 0 Å². The average molecular weight is 353 g/mol. The molecule has 0 unspecified atom stereocenters. The summed E-state index contributed by atoms with van der Waals surface area (Å²) in [5.41, 5.74) is 2.46. The Bertz CT molecular complexity index is 591. The third-order valence-electron chi connectivity index (χ3n) is 2.37. The van der Waals surface area contributed by atoms with Crippen LogP contribution in [-0.2, 0) is 4.79 Å². The molecule has 0 aliphatic carbocycles. The number of benzene rings is 1. The highest BCUT2D eigenvalue weighted by molar-refractivity contribution is 9.10. The van der Waals surface area contributed by atoms with Gasteiger partial charge in [-0.25, -0.2) is 5.43 Å². The van der Waals surface area contributed by atoms with Gasteiger partial charge in [-0.3, -0.25) is 4.79 Å². The van der Waals surface area contributed by atoms with E-state index in [2.05, 4.69) is 26.5 Å². The molecule has 0 bridgehead atoms. The Balaban J connectivity index is 1.77. The summed E-state index contributed by atoms with van der Waals surface area (Å²) in [5, 5.41) is 3.86. The Morgan fingerprint density at radius 2 is 2.20 bits per heavy atom. The molecule has 0 spiro atoms. The van der Waals surface area contributed by atoms with E-state index in [9.17, 15) is 4.79 Å². The maximum atomic E-state index is 11.6. The second-order valence-electron chi connectivity index (χ2n) is 3.95. The molecule has 0 atom stereocenters. The van der Waals surface area contributed by atoms with Crippen molar-refractivity contribution >= 4 is 39.8 Å². The first-order chi connectivity index (χ1) is 9.65. The minimum Gasteiger partial charge on any atom is -0.459 e. The lowest BCUT2D eigenvalue weighted by Crippen LogP contribution is -2.19. The lowest BCUT2D eigenvalue weighted by Gasteiger charge is -1.99. The molecule has 2 aromatic rings. The SMILES string of the molecule is Cc1oc(/C=N\NC(=O)CSc2ccccc2)cc1Br. The van der Waals surface area contributed by atoms with Crippen molar-refractivity contribution in [2.75, 3.05) is 5.75 Å². The first kappa shape index (κ1) is 14.9. The van der Waals surface area contributed by atoms with Crippen LogP contribution in [0.1, 0.15) is 11.5 Å². The van der Waals surface area contributed by atoms with Gasteiger partial charge in [-0.1, -0.05) is 18.2 Å². The first-order valence-electron chi connectivity index (χ1n) is 5.91. The van der Waals surface area contributed by atoms with E-state index < -0.39 is 0 Å². The van der Waals surface area contributed by atoms with E-state index in [4.69, 9.17) is 4.42 Å². The fourth-order valence-electron chi connectivity index (χ4n) is 1.41. The average Bonchev–Trinajstić information content (AvgIpc) is 2.76. The van der Waals surface area contributed by atoms with Crippen LogP contribution in [0.3, 0.4) is 0 Å². The summed E-state index contributed by atoms with van der Waals surface area (Å²) < 4.78 is 6.25. The molecule has 2 rings (SSSR count). The van der Waals surface area contributed by atoms with Crippen LogP contribution in [0.5, 0.6) is 0 Å². The molecule has 1 aromatic carbocycles. The molecular formula is C14H13BrN2O2S. The number of amides is 1. The minimum atomic E-state index is -0.155. The lowest BCUT2D eigenvalue weighted by molar-refractivity contribution is -0.118. The number of furan rings is 1. The third kappa shape index (κ3) is 4.54. The Morgan fingerprint density at radius 1 is 1.45 bits per heavy atom. The number of hydrogen-bond acceptors (Lipinski definition) is 4. The topological polar surface area (TPSA) is 54.6 Å². The van der Waals surface area contributed by atoms with Crippen LogP contribution in [0.25, 0.3) is 0 Å². The van der Waals surface area contributed by atoms with E-state index >= 15 is 0 Å². The predicted molar refractivity (Wildman–Crippen MR) is 84.0 cm³/mol. The number of hydrogen-bond donors (Lipinski definition) is 1. The number of nitrogens with zero attached hydrogens (tertiary/aromatic N) is 1. The molecule has 0 aliphatic rings. The van der Waals surface area contributed by atoms with Gasteiger partial charge < -0.3 is 4.42 Å². The molecule has 104 valence electrons. The van der Waals surface area contributed by atoms with E-state index in [-0.39, 0.29) is 5.91 Å². The Labute approximate surface area is 129 Å². The zero-order valence-corrected chi connectivity index (χ0v) is 13.2. The molecule has 0 aliphatic heterocycles. The number of halogens is 1. The molecule has 1 amide bonds. The number of nitrogens with one attached hydrogen (secondary N) is 1. The summed E-state index contributed by atoms with van der Waals surface area (Å²) in [6.07, 6.45) is 1.48. The summed E-state index contributed by atoms with van der Waals surface area (Å²) >= 11 is 4.81. The molecule has 4 nitrogen and oxygen atoms in total. The molecule has 0 fully saturated rings. The molecular weight excluding hydrogens is 340 g/mol. The molecule has 1 N–H and O–H groups in total. The van der Waals surface area contributed by atoms with Crippen molar-refractivity contribution in [1.29, 1.82) is 0 Å². The second-order valence-corrected chi connectivity index (χ2v) is 5.85. The molecule has 6 heteroatoms. The summed E-state index contributed by atoms with van der Waals surface area (Å²) in [4.78, 5) is 12.6. The van der Waals surface area contributed by atoms with E-state index in [1.54, 1.807) is 6.07 Å². The summed E-state index contributed by atoms with van der Waals surface area (Å²) in [7, 11) is 0. The van der Waals surface area contributed by atoms with Crippen LogP contribution in [0.2, 0.25) is 0 Å². The summed E-state index contributed by atoms with van der Waals surface area (Å²) in [6, 6.07) is 11.5. The largest absolute Gasteiger partial charge is 0.459 e. The number of carbonyl (C=O) groups excluding carboxylic acids is 1. The van der Waals surface area contributed by atoms with Crippen molar-refractivity contribution in [3.63, 3.8) is 0 Å². The Hall–Kier alpha value is -1.53.